The molecule has 0 aromatic carbocycles. The molecule has 0 aromatic heterocycles. The minimum atomic E-state index is -4.43. The van der Waals surface area contributed by atoms with Gasteiger partial charge in [0, 0.05) is 6.54 Å². The van der Waals surface area contributed by atoms with Crippen LogP contribution in [-0.4, -0.2) is 42.8 Å². The van der Waals surface area contributed by atoms with Gasteiger partial charge in [0.2, 0.25) is 0 Å². The van der Waals surface area contributed by atoms with Crippen LogP contribution in [0.25, 0.3) is 0 Å². The van der Waals surface area contributed by atoms with E-state index in [0.29, 0.717) is 0 Å². The summed E-state index contributed by atoms with van der Waals surface area (Å²) >= 11 is 0. The number of amides is 1. The predicted molar refractivity (Wildman–Crippen MR) is 45.8 cm³/mol. The predicted octanol–water partition coefficient (Wildman–Crippen LogP) is 0.799. The summed E-state index contributed by atoms with van der Waals surface area (Å²) in [6.07, 6.45) is -6.33. The lowest BCUT2D eigenvalue weighted by Crippen LogP contribution is -2.50. The third-order valence-electron chi connectivity index (χ3n) is 1.95. The molecule has 1 fully saturated rings. The molecular formula is C9H10F3NO2. The molecule has 0 bridgehead atoms. The maximum absolute atomic E-state index is 12.3. The van der Waals surface area contributed by atoms with E-state index < -0.39 is 24.7 Å². The van der Waals surface area contributed by atoms with E-state index in [4.69, 9.17) is 0 Å². The molecule has 0 radical (unpaired) electrons. The molecule has 1 atom stereocenters. The highest BCUT2D eigenvalue weighted by Crippen LogP contribution is 2.25. The summed E-state index contributed by atoms with van der Waals surface area (Å²) < 4.78 is 41.3. The standard InChI is InChI=1S/C9H10F3NO2/c1-2-3-8(14)13-4-5-15-7(6-13)9(10,11)12/h7H,4-6H2,1H3. The first kappa shape index (κ1) is 11.9. The fraction of sp³-hybridized carbons (Fsp3) is 0.667. The molecule has 0 spiro atoms. The summed E-state index contributed by atoms with van der Waals surface area (Å²) in [5, 5.41) is 0. The van der Waals surface area contributed by atoms with Gasteiger partial charge >= 0.3 is 6.18 Å². The SMILES string of the molecule is CC#CC(=O)N1CCOC(C(F)(F)F)C1. The number of carbonyl (C=O) groups excluding carboxylic acids is 1. The highest BCUT2D eigenvalue weighted by molar-refractivity contribution is 5.93. The maximum atomic E-state index is 12.3. The van der Waals surface area contributed by atoms with Gasteiger partial charge in [0.1, 0.15) is 0 Å². The van der Waals surface area contributed by atoms with Crippen molar-refractivity contribution in [2.24, 2.45) is 0 Å². The van der Waals surface area contributed by atoms with Gasteiger partial charge in [-0.15, -0.1) is 0 Å². The Morgan fingerprint density at radius 1 is 1.53 bits per heavy atom. The van der Waals surface area contributed by atoms with Crippen LogP contribution in [0.4, 0.5) is 13.2 Å². The van der Waals surface area contributed by atoms with E-state index in [9.17, 15) is 18.0 Å². The quantitative estimate of drug-likeness (QED) is 0.566. The first-order valence-corrected chi connectivity index (χ1v) is 4.35. The molecule has 1 unspecified atom stereocenters. The van der Waals surface area contributed by atoms with Gasteiger partial charge in [0.15, 0.2) is 6.10 Å². The smallest absolute Gasteiger partial charge is 0.365 e. The normalized spacial score (nSPS) is 21.9. The third-order valence-corrected chi connectivity index (χ3v) is 1.95. The molecule has 3 nitrogen and oxygen atoms in total. The summed E-state index contributed by atoms with van der Waals surface area (Å²) in [5.41, 5.74) is 0. The summed E-state index contributed by atoms with van der Waals surface area (Å²) in [5.74, 6) is 3.97. The summed E-state index contributed by atoms with van der Waals surface area (Å²) in [6, 6.07) is 0. The van der Waals surface area contributed by atoms with E-state index in [2.05, 4.69) is 16.6 Å². The average Bonchev–Trinajstić information content (AvgIpc) is 2.17. The van der Waals surface area contributed by atoms with Crippen LogP contribution in [-0.2, 0) is 9.53 Å². The first-order valence-electron chi connectivity index (χ1n) is 4.35. The lowest BCUT2D eigenvalue weighted by atomic mass is 10.2. The van der Waals surface area contributed by atoms with Gasteiger partial charge in [0.05, 0.1) is 13.2 Å². The second kappa shape index (κ2) is 4.53. The first-order chi connectivity index (χ1) is 6.95. The zero-order valence-corrected chi connectivity index (χ0v) is 8.10. The lowest BCUT2D eigenvalue weighted by Gasteiger charge is -2.32. The molecule has 0 aliphatic carbocycles. The molecule has 1 amide bonds. The fourth-order valence-electron chi connectivity index (χ4n) is 1.22. The van der Waals surface area contributed by atoms with Crippen LogP contribution in [0.3, 0.4) is 0 Å². The Balaban J connectivity index is 2.63. The summed E-state index contributed by atoms with van der Waals surface area (Å²) in [7, 11) is 0. The Morgan fingerprint density at radius 3 is 2.73 bits per heavy atom. The minimum absolute atomic E-state index is 0.110. The topological polar surface area (TPSA) is 29.5 Å². The van der Waals surface area contributed by atoms with Crippen LogP contribution in [0.1, 0.15) is 6.92 Å². The van der Waals surface area contributed by atoms with Gasteiger partial charge in [0.25, 0.3) is 5.91 Å². The highest BCUT2D eigenvalue weighted by Gasteiger charge is 2.44. The molecule has 1 heterocycles. The second-order valence-corrected chi connectivity index (χ2v) is 3.03. The molecule has 6 heteroatoms. The number of carbonyl (C=O) groups is 1. The number of halogens is 3. The largest absolute Gasteiger partial charge is 0.416 e. The average molecular weight is 221 g/mol. The molecule has 0 saturated carbocycles. The lowest BCUT2D eigenvalue weighted by molar-refractivity contribution is -0.235. The Morgan fingerprint density at radius 2 is 2.20 bits per heavy atom. The van der Waals surface area contributed by atoms with E-state index in [1.54, 1.807) is 0 Å². The number of nitrogens with zero attached hydrogens (tertiary/aromatic N) is 1. The van der Waals surface area contributed by atoms with E-state index in [1.165, 1.54) is 6.92 Å². The van der Waals surface area contributed by atoms with Crippen molar-refractivity contribution in [1.29, 1.82) is 0 Å². The van der Waals surface area contributed by atoms with Gasteiger partial charge < -0.3 is 9.64 Å². The van der Waals surface area contributed by atoms with Crippen molar-refractivity contribution in [1.82, 2.24) is 4.90 Å². The number of hydrogen-bond acceptors (Lipinski definition) is 2. The number of rotatable bonds is 0. The van der Waals surface area contributed by atoms with E-state index >= 15 is 0 Å². The molecule has 15 heavy (non-hydrogen) atoms. The number of alkyl halides is 3. The van der Waals surface area contributed by atoms with Gasteiger partial charge in [-0.1, -0.05) is 5.92 Å². The molecule has 0 aromatic rings. The van der Waals surface area contributed by atoms with Crippen LogP contribution in [0, 0.1) is 11.8 Å². The Bertz CT molecular complexity index is 303. The van der Waals surface area contributed by atoms with Gasteiger partial charge in [-0.25, -0.2) is 0 Å². The van der Waals surface area contributed by atoms with Crippen LogP contribution < -0.4 is 0 Å². The van der Waals surface area contributed by atoms with Crippen molar-refractivity contribution in [3.8, 4) is 11.8 Å². The number of ether oxygens (including phenoxy) is 1. The number of morpholine rings is 1. The molecule has 1 aliphatic heterocycles. The molecule has 0 N–H and O–H groups in total. The van der Waals surface area contributed by atoms with E-state index in [1.807, 2.05) is 0 Å². The van der Waals surface area contributed by atoms with E-state index in [-0.39, 0.29) is 13.2 Å². The van der Waals surface area contributed by atoms with Crippen LogP contribution in [0.2, 0.25) is 0 Å². The van der Waals surface area contributed by atoms with Crippen LogP contribution in [0.15, 0.2) is 0 Å². The Hall–Kier alpha value is -1.22. The van der Waals surface area contributed by atoms with Gasteiger partial charge in [-0.05, 0) is 12.8 Å². The van der Waals surface area contributed by atoms with Crippen LogP contribution >= 0.6 is 0 Å². The van der Waals surface area contributed by atoms with E-state index in [0.717, 1.165) is 4.90 Å². The molecule has 84 valence electrons. The molecule has 1 aliphatic rings. The van der Waals surface area contributed by atoms with Gasteiger partial charge in [-0.3, -0.25) is 4.79 Å². The Kier molecular flexibility index (Phi) is 3.58. The summed E-state index contributed by atoms with van der Waals surface area (Å²) in [6.45, 7) is 1.03. The van der Waals surface area contributed by atoms with Crippen molar-refractivity contribution >= 4 is 5.91 Å². The van der Waals surface area contributed by atoms with Crippen molar-refractivity contribution in [2.75, 3.05) is 19.7 Å². The van der Waals surface area contributed by atoms with Crippen LogP contribution in [0.5, 0.6) is 0 Å². The van der Waals surface area contributed by atoms with Crippen molar-refractivity contribution in [2.45, 2.75) is 19.2 Å². The monoisotopic (exact) mass is 221 g/mol. The fourth-order valence-corrected chi connectivity index (χ4v) is 1.22. The second-order valence-electron chi connectivity index (χ2n) is 3.03. The molecular weight excluding hydrogens is 211 g/mol. The van der Waals surface area contributed by atoms with Gasteiger partial charge in [-0.2, -0.15) is 13.2 Å². The highest BCUT2D eigenvalue weighted by atomic mass is 19.4. The molecule has 1 saturated heterocycles. The van der Waals surface area contributed by atoms with Crippen molar-refractivity contribution in [3.05, 3.63) is 0 Å². The third kappa shape index (κ3) is 3.13. The Labute approximate surface area is 85.2 Å². The molecule has 1 rings (SSSR count). The van der Waals surface area contributed by atoms with Crippen molar-refractivity contribution in [3.63, 3.8) is 0 Å². The zero-order chi connectivity index (χ0) is 11.5. The van der Waals surface area contributed by atoms with Crippen molar-refractivity contribution < 1.29 is 22.7 Å². The minimum Gasteiger partial charge on any atom is -0.365 e. The maximum Gasteiger partial charge on any atom is 0.416 e. The summed E-state index contributed by atoms with van der Waals surface area (Å²) in [4.78, 5) is 12.3. The number of hydrogen-bond donors (Lipinski definition) is 0. The zero-order valence-electron chi connectivity index (χ0n) is 8.10.